The first-order chi connectivity index (χ1) is 8.72. The Bertz CT molecular complexity index is 326. The van der Waals surface area contributed by atoms with Gasteiger partial charge in [0.15, 0.2) is 0 Å². The van der Waals surface area contributed by atoms with Gasteiger partial charge in [-0.2, -0.15) is 0 Å². The van der Waals surface area contributed by atoms with Crippen molar-refractivity contribution < 1.29 is 4.74 Å². The lowest BCUT2D eigenvalue weighted by molar-refractivity contribution is 0.154. The zero-order valence-corrected chi connectivity index (χ0v) is 11.7. The highest BCUT2D eigenvalue weighted by atomic mass is 16.5. The summed E-state index contributed by atoms with van der Waals surface area (Å²) in [4.78, 5) is 6.69. The summed E-state index contributed by atoms with van der Waals surface area (Å²) < 4.78 is 5.38. The fraction of sp³-hybridized carbons (Fsp3) is 0.643. The summed E-state index contributed by atoms with van der Waals surface area (Å²) in [6.07, 6.45) is 2.81. The van der Waals surface area contributed by atoms with E-state index >= 15 is 0 Å². The van der Waals surface area contributed by atoms with Gasteiger partial charge in [0.1, 0.15) is 0 Å². The molecule has 1 atom stereocenters. The number of hydrogen-bond acceptors (Lipinski definition) is 4. The zero-order chi connectivity index (χ0) is 13.4. The first-order valence-electron chi connectivity index (χ1n) is 6.77. The van der Waals surface area contributed by atoms with Crippen LogP contribution in [0.1, 0.15) is 38.9 Å². The lowest BCUT2D eigenvalue weighted by Gasteiger charge is -2.23. The molecule has 0 saturated carbocycles. The van der Waals surface area contributed by atoms with Crippen LogP contribution in [0.5, 0.6) is 0 Å². The molecule has 0 amide bonds. The predicted molar refractivity (Wildman–Crippen MR) is 75.8 cm³/mol. The van der Waals surface area contributed by atoms with Crippen LogP contribution < -0.4 is 10.6 Å². The molecule has 1 aromatic heterocycles. The van der Waals surface area contributed by atoms with E-state index < -0.39 is 0 Å². The lowest BCUT2D eigenvalue weighted by Crippen LogP contribution is -2.27. The third kappa shape index (κ3) is 4.27. The van der Waals surface area contributed by atoms with Gasteiger partial charge in [-0.1, -0.05) is 6.92 Å². The second kappa shape index (κ2) is 8.06. The first-order valence-corrected chi connectivity index (χ1v) is 6.77. The number of ether oxygens (including phenoxy) is 1. The Hall–Kier alpha value is -1.13. The van der Waals surface area contributed by atoms with Crippen LogP contribution in [-0.4, -0.2) is 31.3 Å². The molecule has 1 heterocycles. The minimum absolute atomic E-state index is 0.0394. The molecular weight excluding hydrogens is 226 g/mol. The van der Waals surface area contributed by atoms with Crippen molar-refractivity contribution in [1.82, 2.24) is 4.98 Å². The largest absolute Gasteiger partial charge is 0.380 e. The van der Waals surface area contributed by atoms with E-state index in [1.807, 2.05) is 19.2 Å². The number of pyridine rings is 1. The van der Waals surface area contributed by atoms with Crippen molar-refractivity contribution in [3.8, 4) is 0 Å². The molecule has 18 heavy (non-hydrogen) atoms. The molecule has 1 rings (SSSR count). The number of nitrogens with two attached hydrogens (primary N) is 1. The Balaban J connectivity index is 2.63. The van der Waals surface area contributed by atoms with E-state index in [9.17, 15) is 0 Å². The third-order valence-electron chi connectivity index (χ3n) is 3.05. The Kier molecular flexibility index (Phi) is 6.68. The van der Waals surface area contributed by atoms with E-state index in [1.165, 1.54) is 0 Å². The van der Waals surface area contributed by atoms with Gasteiger partial charge >= 0.3 is 0 Å². The second-order valence-electron chi connectivity index (χ2n) is 4.23. The summed E-state index contributed by atoms with van der Waals surface area (Å²) in [5.74, 6) is 0. The standard InChI is InChI=1S/C14H25N3O/c1-4-13(15)14-8-7-12(11-16-14)17(5-2)9-10-18-6-3/h7-8,11,13H,4-6,9-10,15H2,1-3H3/t13-/m0/s1. The molecule has 0 radical (unpaired) electrons. The number of nitrogens with zero attached hydrogens (tertiary/aromatic N) is 2. The van der Waals surface area contributed by atoms with E-state index in [1.54, 1.807) is 0 Å². The molecule has 0 aliphatic heterocycles. The average molecular weight is 251 g/mol. The van der Waals surface area contributed by atoms with Gasteiger partial charge in [-0.15, -0.1) is 0 Å². The quantitative estimate of drug-likeness (QED) is 0.721. The molecule has 0 saturated heterocycles. The smallest absolute Gasteiger partial charge is 0.0641 e. The molecule has 0 bridgehead atoms. The predicted octanol–water partition coefficient (Wildman–Crippen LogP) is 2.35. The molecule has 0 unspecified atom stereocenters. The summed E-state index contributed by atoms with van der Waals surface area (Å²) in [5.41, 5.74) is 8.04. The number of anilines is 1. The van der Waals surface area contributed by atoms with Crippen molar-refractivity contribution in [2.24, 2.45) is 5.73 Å². The average Bonchev–Trinajstić information content (AvgIpc) is 2.43. The summed E-state index contributed by atoms with van der Waals surface area (Å²) in [6, 6.07) is 4.15. The third-order valence-corrected chi connectivity index (χ3v) is 3.05. The minimum Gasteiger partial charge on any atom is -0.380 e. The normalized spacial score (nSPS) is 12.4. The highest BCUT2D eigenvalue weighted by Crippen LogP contribution is 2.16. The summed E-state index contributed by atoms with van der Waals surface area (Å²) in [7, 11) is 0. The van der Waals surface area contributed by atoms with E-state index in [-0.39, 0.29) is 6.04 Å². The minimum atomic E-state index is 0.0394. The van der Waals surface area contributed by atoms with E-state index in [4.69, 9.17) is 10.5 Å². The highest BCUT2D eigenvalue weighted by Gasteiger charge is 2.07. The second-order valence-corrected chi connectivity index (χ2v) is 4.23. The van der Waals surface area contributed by atoms with Crippen LogP contribution in [0.15, 0.2) is 18.3 Å². The van der Waals surface area contributed by atoms with Gasteiger partial charge in [-0.3, -0.25) is 4.98 Å². The molecule has 0 spiro atoms. The number of likely N-dealkylation sites (N-methyl/N-ethyl adjacent to an activating group) is 1. The van der Waals surface area contributed by atoms with Crippen molar-refractivity contribution >= 4 is 5.69 Å². The molecule has 102 valence electrons. The molecule has 0 aromatic carbocycles. The highest BCUT2D eigenvalue weighted by molar-refractivity contribution is 5.44. The molecule has 4 nitrogen and oxygen atoms in total. The molecule has 2 N–H and O–H groups in total. The van der Waals surface area contributed by atoms with Gasteiger partial charge in [-0.25, -0.2) is 0 Å². The molecule has 4 heteroatoms. The van der Waals surface area contributed by atoms with Gasteiger partial charge in [0, 0.05) is 25.7 Å². The van der Waals surface area contributed by atoms with Crippen LogP contribution in [0.2, 0.25) is 0 Å². The van der Waals surface area contributed by atoms with Crippen molar-refractivity contribution in [2.45, 2.75) is 33.2 Å². The Morgan fingerprint density at radius 2 is 2.11 bits per heavy atom. The molecule has 0 aliphatic carbocycles. The summed E-state index contributed by atoms with van der Waals surface area (Å²) in [5, 5.41) is 0. The maximum atomic E-state index is 5.96. The van der Waals surface area contributed by atoms with Gasteiger partial charge < -0.3 is 15.4 Å². The molecule has 0 fully saturated rings. The maximum Gasteiger partial charge on any atom is 0.0641 e. The fourth-order valence-corrected chi connectivity index (χ4v) is 1.80. The fourth-order valence-electron chi connectivity index (χ4n) is 1.80. The maximum absolute atomic E-state index is 5.96. The number of hydrogen-bond donors (Lipinski definition) is 1. The molecule has 0 aliphatic rings. The van der Waals surface area contributed by atoms with Crippen LogP contribution in [0.3, 0.4) is 0 Å². The van der Waals surface area contributed by atoms with Gasteiger partial charge in [0.05, 0.1) is 24.2 Å². The van der Waals surface area contributed by atoms with E-state index in [0.717, 1.165) is 44.1 Å². The summed E-state index contributed by atoms with van der Waals surface area (Å²) in [6.45, 7) is 9.58. The monoisotopic (exact) mass is 251 g/mol. The summed E-state index contributed by atoms with van der Waals surface area (Å²) >= 11 is 0. The van der Waals surface area contributed by atoms with E-state index in [2.05, 4.69) is 29.8 Å². The molecule has 1 aromatic rings. The number of rotatable bonds is 8. The van der Waals surface area contributed by atoms with Gasteiger partial charge in [0.25, 0.3) is 0 Å². The van der Waals surface area contributed by atoms with Gasteiger partial charge in [0.2, 0.25) is 0 Å². The SMILES string of the molecule is CCOCCN(CC)c1ccc([C@@H](N)CC)nc1. The lowest BCUT2D eigenvalue weighted by atomic mass is 10.1. The van der Waals surface area contributed by atoms with E-state index in [0.29, 0.717) is 0 Å². The van der Waals surface area contributed by atoms with Crippen LogP contribution in [0, 0.1) is 0 Å². The Morgan fingerprint density at radius 1 is 1.33 bits per heavy atom. The number of aromatic nitrogens is 1. The molecular formula is C14H25N3O. The Labute approximate surface area is 110 Å². The van der Waals surface area contributed by atoms with Crippen LogP contribution >= 0.6 is 0 Å². The van der Waals surface area contributed by atoms with Crippen molar-refractivity contribution in [2.75, 3.05) is 31.2 Å². The van der Waals surface area contributed by atoms with Gasteiger partial charge in [-0.05, 0) is 32.4 Å². The Morgan fingerprint density at radius 3 is 2.61 bits per heavy atom. The van der Waals surface area contributed by atoms with Crippen LogP contribution in [-0.2, 0) is 4.74 Å². The van der Waals surface area contributed by atoms with Crippen LogP contribution in [0.4, 0.5) is 5.69 Å². The zero-order valence-electron chi connectivity index (χ0n) is 11.7. The topological polar surface area (TPSA) is 51.4 Å². The van der Waals surface area contributed by atoms with Crippen molar-refractivity contribution in [3.63, 3.8) is 0 Å². The van der Waals surface area contributed by atoms with Crippen LogP contribution in [0.25, 0.3) is 0 Å². The van der Waals surface area contributed by atoms with Crippen molar-refractivity contribution in [1.29, 1.82) is 0 Å². The first kappa shape index (κ1) is 14.9. The van der Waals surface area contributed by atoms with Crippen molar-refractivity contribution in [3.05, 3.63) is 24.0 Å².